The lowest BCUT2D eigenvalue weighted by molar-refractivity contribution is 0.0607. The summed E-state index contributed by atoms with van der Waals surface area (Å²) in [6.45, 7) is 2.04. The molecule has 0 aliphatic heterocycles. The van der Waals surface area contributed by atoms with Gasteiger partial charge in [-0.2, -0.15) is 0 Å². The van der Waals surface area contributed by atoms with Crippen LogP contribution in [0.15, 0.2) is 35.7 Å². The van der Waals surface area contributed by atoms with Gasteiger partial charge in [0.15, 0.2) is 0 Å². The quantitative estimate of drug-likeness (QED) is 0.741. The van der Waals surface area contributed by atoms with Crippen LogP contribution in [0, 0.1) is 6.92 Å². The number of benzene rings is 1. The first-order chi connectivity index (χ1) is 7.72. The van der Waals surface area contributed by atoms with Gasteiger partial charge < -0.3 is 4.74 Å². The molecule has 0 saturated heterocycles. The fourth-order valence-electron chi connectivity index (χ4n) is 1.60. The number of carbonyl (C=O) groups is 1. The number of methoxy groups -OCH3 is 1. The van der Waals surface area contributed by atoms with Crippen LogP contribution >= 0.6 is 11.3 Å². The van der Waals surface area contributed by atoms with Crippen molar-refractivity contribution in [1.29, 1.82) is 0 Å². The molecule has 2 rings (SSSR count). The van der Waals surface area contributed by atoms with E-state index in [9.17, 15) is 4.79 Å². The summed E-state index contributed by atoms with van der Waals surface area (Å²) in [6.07, 6.45) is 0. The number of thiophene rings is 1. The van der Waals surface area contributed by atoms with Crippen molar-refractivity contribution in [2.45, 2.75) is 6.92 Å². The lowest BCUT2D eigenvalue weighted by Crippen LogP contribution is -1.99. The summed E-state index contributed by atoms with van der Waals surface area (Å²) in [7, 11) is 1.40. The number of carbonyl (C=O) groups excluding carboxylic acids is 1. The van der Waals surface area contributed by atoms with Crippen LogP contribution in [-0.2, 0) is 4.74 Å². The van der Waals surface area contributed by atoms with Crippen molar-refractivity contribution in [3.8, 4) is 11.1 Å². The standard InChI is InChI=1S/C13H12O2S/c1-9-4-3-5-10(8-9)11-6-7-16-12(11)13(14)15-2/h3-8H,1-2H3. The molecule has 0 aliphatic carbocycles. The highest BCUT2D eigenvalue weighted by molar-refractivity contribution is 7.12. The molecule has 2 nitrogen and oxygen atoms in total. The average Bonchev–Trinajstić information content (AvgIpc) is 2.77. The lowest BCUT2D eigenvalue weighted by atomic mass is 10.0. The maximum atomic E-state index is 11.5. The minimum Gasteiger partial charge on any atom is -0.465 e. The Bertz CT molecular complexity index is 514. The third-order valence-electron chi connectivity index (χ3n) is 2.37. The second-order valence-electron chi connectivity index (χ2n) is 3.52. The van der Waals surface area contributed by atoms with Crippen molar-refractivity contribution in [1.82, 2.24) is 0 Å². The summed E-state index contributed by atoms with van der Waals surface area (Å²) in [6, 6.07) is 10.0. The smallest absolute Gasteiger partial charge is 0.348 e. The number of hydrogen-bond donors (Lipinski definition) is 0. The van der Waals surface area contributed by atoms with Crippen molar-refractivity contribution >= 4 is 17.3 Å². The number of aryl methyl sites for hydroxylation is 1. The van der Waals surface area contributed by atoms with E-state index in [1.165, 1.54) is 24.0 Å². The molecule has 3 heteroatoms. The monoisotopic (exact) mass is 232 g/mol. The van der Waals surface area contributed by atoms with E-state index in [0.29, 0.717) is 4.88 Å². The minimum atomic E-state index is -0.272. The van der Waals surface area contributed by atoms with Crippen LogP contribution in [0.5, 0.6) is 0 Å². The van der Waals surface area contributed by atoms with E-state index >= 15 is 0 Å². The van der Waals surface area contributed by atoms with E-state index in [1.807, 2.05) is 36.6 Å². The highest BCUT2D eigenvalue weighted by Gasteiger charge is 2.14. The van der Waals surface area contributed by atoms with Gasteiger partial charge in [0.25, 0.3) is 0 Å². The fourth-order valence-corrected chi connectivity index (χ4v) is 2.43. The number of esters is 1. The minimum absolute atomic E-state index is 0.272. The SMILES string of the molecule is COC(=O)c1sccc1-c1cccc(C)c1. The third kappa shape index (κ3) is 1.99. The Hall–Kier alpha value is -1.61. The molecule has 1 heterocycles. The molecule has 0 amide bonds. The van der Waals surface area contributed by atoms with Gasteiger partial charge in [0, 0.05) is 5.56 Å². The first kappa shape index (κ1) is 10.9. The predicted octanol–water partition coefficient (Wildman–Crippen LogP) is 3.51. The molecule has 0 atom stereocenters. The fraction of sp³-hybridized carbons (Fsp3) is 0.154. The van der Waals surface area contributed by atoms with E-state index in [4.69, 9.17) is 4.74 Å². The summed E-state index contributed by atoms with van der Waals surface area (Å²) in [4.78, 5) is 12.2. The van der Waals surface area contributed by atoms with E-state index in [2.05, 4.69) is 6.07 Å². The van der Waals surface area contributed by atoms with Gasteiger partial charge in [-0.15, -0.1) is 11.3 Å². The largest absolute Gasteiger partial charge is 0.465 e. The molecular formula is C13H12O2S. The van der Waals surface area contributed by atoms with Gasteiger partial charge in [-0.1, -0.05) is 29.8 Å². The molecule has 82 valence electrons. The topological polar surface area (TPSA) is 26.3 Å². The van der Waals surface area contributed by atoms with E-state index in [0.717, 1.165) is 11.1 Å². The molecule has 0 unspecified atom stereocenters. The normalized spacial score (nSPS) is 10.1. The van der Waals surface area contributed by atoms with Crippen LogP contribution in [0.4, 0.5) is 0 Å². The zero-order valence-electron chi connectivity index (χ0n) is 9.19. The molecule has 2 aromatic rings. The maximum Gasteiger partial charge on any atom is 0.348 e. The van der Waals surface area contributed by atoms with Crippen LogP contribution in [-0.4, -0.2) is 13.1 Å². The zero-order valence-corrected chi connectivity index (χ0v) is 10.0. The van der Waals surface area contributed by atoms with Crippen LogP contribution in [0.2, 0.25) is 0 Å². The Morgan fingerprint density at radius 1 is 1.31 bits per heavy atom. The molecular weight excluding hydrogens is 220 g/mol. The van der Waals surface area contributed by atoms with E-state index in [-0.39, 0.29) is 5.97 Å². The van der Waals surface area contributed by atoms with Crippen molar-refractivity contribution in [2.24, 2.45) is 0 Å². The van der Waals surface area contributed by atoms with Crippen LogP contribution in [0.3, 0.4) is 0 Å². The predicted molar refractivity (Wildman–Crippen MR) is 65.8 cm³/mol. The second-order valence-corrected chi connectivity index (χ2v) is 4.44. The summed E-state index contributed by atoms with van der Waals surface area (Å²) in [5, 5.41) is 1.91. The molecule has 1 aromatic carbocycles. The average molecular weight is 232 g/mol. The summed E-state index contributed by atoms with van der Waals surface area (Å²) < 4.78 is 4.76. The molecule has 16 heavy (non-hydrogen) atoms. The van der Waals surface area contributed by atoms with Crippen LogP contribution in [0.1, 0.15) is 15.2 Å². The Morgan fingerprint density at radius 3 is 2.81 bits per heavy atom. The molecule has 1 aromatic heterocycles. The molecule has 0 N–H and O–H groups in total. The van der Waals surface area contributed by atoms with Crippen LogP contribution in [0.25, 0.3) is 11.1 Å². The molecule has 0 spiro atoms. The Kier molecular flexibility index (Phi) is 3.06. The van der Waals surface area contributed by atoms with Gasteiger partial charge in [0.2, 0.25) is 0 Å². The number of ether oxygens (including phenoxy) is 1. The first-order valence-corrected chi connectivity index (χ1v) is 5.83. The van der Waals surface area contributed by atoms with Crippen molar-refractivity contribution < 1.29 is 9.53 Å². The molecule has 0 radical (unpaired) electrons. The lowest BCUT2D eigenvalue weighted by Gasteiger charge is -2.03. The van der Waals surface area contributed by atoms with E-state index in [1.54, 1.807) is 0 Å². The van der Waals surface area contributed by atoms with Crippen LogP contribution < -0.4 is 0 Å². The van der Waals surface area contributed by atoms with Gasteiger partial charge in [-0.25, -0.2) is 4.79 Å². The van der Waals surface area contributed by atoms with E-state index < -0.39 is 0 Å². The highest BCUT2D eigenvalue weighted by Crippen LogP contribution is 2.29. The molecule has 0 saturated carbocycles. The van der Waals surface area contributed by atoms with Crippen molar-refractivity contribution in [3.63, 3.8) is 0 Å². The third-order valence-corrected chi connectivity index (χ3v) is 3.26. The van der Waals surface area contributed by atoms with Crippen molar-refractivity contribution in [3.05, 3.63) is 46.2 Å². The molecule has 0 aliphatic rings. The van der Waals surface area contributed by atoms with Gasteiger partial charge in [-0.3, -0.25) is 0 Å². The first-order valence-electron chi connectivity index (χ1n) is 4.95. The number of rotatable bonds is 2. The highest BCUT2D eigenvalue weighted by atomic mass is 32.1. The Labute approximate surface area is 98.5 Å². The van der Waals surface area contributed by atoms with Gasteiger partial charge >= 0.3 is 5.97 Å². The Morgan fingerprint density at radius 2 is 2.12 bits per heavy atom. The molecule has 0 bridgehead atoms. The molecule has 0 fully saturated rings. The van der Waals surface area contributed by atoms with Gasteiger partial charge in [0.1, 0.15) is 4.88 Å². The second kappa shape index (κ2) is 4.49. The zero-order chi connectivity index (χ0) is 11.5. The summed E-state index contributed by atoms with van der Waals surface area (Å²) in [5.41, 5.74) is 3.18. The Balaban J connectivity index is 2.48. The van der Waals surface area contributed by atoms with Gasteiger partial charge in [-0.05, 0) is 23.9 Å². The van der Waals surface area contributed by atoms with Crippen molar-refractivity contribution in [2.75, 3.05) is 7.11 Å². The summed E-state index contributed by atoms with van der Waals surface area (Å²) in [5.74, 6) is -0.272. The van der Waals surface area contributed by atoms with Gasteiger partial charge in [0.05, 0.1) is 7.11 Å². The number of hydrogen-bond acceptors (Lipinski definition) is 3. The summed E-state index contributed by atoms with van der Waals surface area (Å²) >= 11 is 1.41. The maximum absolute atomic E-state index is 11.5.